The molecule has 0 spiro atoms. The zero-order valence-corrected chi connectivity index (χ0v) is 13.4. The van der Waals surface area contributed by atoms with E-state index >= 15 is 0 Å². The molecule has 0 aliphatic carbocycles. The van der Waals surface area contributed by atoms with Crippen LogP contribution < -0.4 is 5.32 Å². The molecule has 0 heterocycles. The SMILES string of the molecule is Cc1cc(C(=O)NC(C)c2ccc(C#N)cc2)ccc1Br. The van der Waals surface area contributed by atoms with Gasteiger partial charge in [0.1, 0.15) is 0 Å². The van der Waals surface area contributed by atoms with E-state index in [9.17, 15) is 4.79 Å². The Bertz CT molecular complexity index is 702. The molecule has 1 atom stereocenters. The Morgan fingerprint density at radius 3 is 2.48 bits per heavy atom. The number of halogens is 1. The molecule has 3 nitrogen and oxygen atoms in total. The van der Waals surface area contributed by atoms with Crippen LogP contribution >= 0.6 is 15.9 Å². The summed E-state index contributed by atoms with van der Waals surface area (Å²) in [6, 6.07) is 14.7. The zero-order chi connectivity index (χ0) is 15.4. The fourth-order valence-electron chi connectivity index (χ4n) is 2.00. The number of hydrogen-bond donors (Lipinski definition) is 1. The zero-order valence-electron chi connectivity index (χ0n) is 11.9. The van der Waals surface area contributed by atoms with Crippen molar-refractivity contribution in [2.45, 2.75) is 19.9 Å². The molecule has 2 aromatic rings. The van der Waals surface area contributed by atoms with Crippen molar-refractivity contribution in [3.63, 3.8) is 0 Å². The number of nitriles is 1. The van der Waals surface area contributed by atoms with Crippen LogP contribution in [0.1, 0.15) is 40.0 Å². The van der Waals surface area contributed by atoms with E-state index in [1.807, 2.05) is 38.1 Å². The van der Waals surface area contributed by atoms with E-state index in [1.54, 1.807) is 18.2 Å². The first-order valence-electron chi connectivity index (χ1n) is 6.58. The maximum atomic E-state index is 12.2. The highest BCUT2D eigenvalue weighted by atomic mass is 79.9. The smallest absolute Gasteiger partial charge is 0.251 e. The van der Waals surface area contributed by atoms with Crippen molar-refractivity contribution in [1.29, 1.82) is 5.26 Å². The van der Waals surface area contributed by atoms with Crippen LogP contribution in [0.2, 0.25) is 0 Å². The Kier molecular flexibility index (Phi) is 4.77. The summed E-state index contributed by atoms with van der Waals surface area (Å²) in [7, 11) is 0. The Hall–Kier alpha value is -2.12. The molecule has 2 aromatic carbocycles. The summed E-state index contributed by atoms with van der Waals surface area (Å²) >= 11 is 3.42. The Morgan fingerprint density at radius 2 is 1.90 bits per heavy atom. The van der Waals surface area contributed by atoms with Crippen molar-refractivity contribution in [1.82, 2.24) is 5.32 Å². The Labute approximate surface area is 132 Å². The topological polar surface area (TPSA) is 52.9 Å². The summed E-state index contributed by atoms with van der Waals surface area (Å²) < 4.78 is 0.985. The molecule has 4 heteroatoms. The number of amides is 1. The lowest BCUT2D eigenvalue weighted by atomic mass is 10.1. The van der Waals surface area contributed by atoms with Crippen molar-refractivity contribution in [2.24, 2.45) is 0 Å². The van der Waals surface area contributed by atoms with E-state index in [4.69, 9.17) is 5.26 Å². The van der Waals surface area contributed by atoms with Gasteiger partial charge in [0, 0.05) is 10.0 Å². The average Bonchev–Trinajstić information content (AvgIpc) is 2.50. The van der Waals surface area contributed by atoms with Gasteiger partial charge in [-0.05, 0) is 55.3 Å². The Morgan fingerprint density at radius 1 is 1.24 bits per heavy atom. The molecule has 0 saturated carbocycles. The number of aryl methyl sites for hydroxylation is 1. The van der Waals surface area contributed by atoms with E-state index in [2.05, 4.69) is 27.3 Å². The van der Waals surface area contributed by atoms with Crippen molar-refractivity contribution < 1.29 is 4.79 Å². The standard InChI is InChI=1S/C17H15BrN2O/c1-11-9-15(7-8-16(11)18)17(21)20-12(2)14-5-3-13(10-19)4-6-14/h3-9,12H,1-2H3,(H,20,21). The van der Waals surface area contributed by atoms with Crippen LogP contribution in [0.5, 0.6) is 0 Å². The molecule has 106 valence electrons. The summed E-state index contributed by atoms with van der Waals surface area (Å²) in [4.78, 5) is 12.2. The predicted molar refractivity (Wildman–Crippen MR) is 85.9 cm³/mol. The number of rotatable bonds is 3. The highest BCUT2D eigenvalue weighted by Gasteiger charge is 2.12. The van der Waals surface area contributed by atoms with E-state index in [-0.39, 0.29) is 11.9 Å². The van der Waals surface area contributed by atoms with Crippen LogP contribution in [0.25, 0.3) is 0 Å². The largest absolute Gasteiger partial charge is 0.346 e. The molecule has 0 fully saturated rings. The minimum absolute atomic E-state index is 0.109. The fraction of sp³-hybridized carbons (Fsp3) is 0.176. The molecule has 1 N–H and O–H groups in total. The van der Waals surface area contributed by atoms with Gasteiger partial charge in [-0.2, -0.15) is 5.26 Å². The number of carbonyl (C=O) groups is 1. The summed E-state index contributed by atoms with van der Waals surface area (Å²) in [5, 5.41) is 11.7. The van der Waals surface area contributed by atoms with Gasteiger partial charge in [0.15, 0.2) is 0 Å². The van der Waals surface area contributed by atoms with Gasteiger partial charge < -0.3 is 5.32 Å². The third-order valence-corrected chi connectivity index (χ3v) is 4.20. The van der Waals surface area contributed by atoms with Gasteiger partial charge >= 0.3 is 0 Å². The van der Waals surface area contributed by atoms with Crippen LogP contribution in [0.3, 0.4) is 0 Å². The van der Waals surface area contributed by atoms with Crippen LogP contribution in [0, 0.1) is 18.3 Å². The van der Waals surface area contributed by atoms with Crippen LogP contribution in [-0.4, -0.2) is 5.91 Å². The number of benzene rings is 2. The van der Waals surface area contributed by atoms with Crippen molar-refractivity contribution in [2.75, 3.05) is 0 Å². The fourth-order valence-corrected chi connectivity index (χ4v) is 2.24. The van der Waals surface area contributed by atoms with E-state index in [0.717, 1.165) is 15.6 Å². The molecule has 2 rings (SSSR count). The van der Waals surface area contributed by atoms with Crippen LogP contribution in [0.15, 0.2) is 46.9 Å². The van der Waals surface area contributed by atoms with Crippen molar-refractivity contribution in [3.8, 4) is 6.07 Å². The summed E-state index contributed by atoms with van der Waals surface area (Å²) in [5.74, 6) is -0.109. The molecule has 1 unspecified atom stereocenters. The average molecular weight is 343 g/mol. The molecular weight excluding hydrogens is 328 g/mol. The maximum Gasteiger partial charge on any atom is 0.251 e. The minimum atomic E-state index is -0.116. The first-order valence-corrected chi connectivity index (χ1v) is 7.37. The second-order valence-corrected chi connectivity index (χ2v) is 5.75. The van der Waals surface area contributed by atoms with Crippen molar-refractivity contribution in [3.05, 3.63) is 69.2 Å². The predicted octanol–water partition coefficient (Wildman–Crippen LogP) is 4.12. The van der Waals surface area contributed by atoms with Gasteiger partial charge in [-0.1, -0.05) is 28.1 Å². The third kappa shape index (κ3) is 3.71. The van der Waals surface area contributed by atoms with E-state index in [1.165, 1.54) is 0 Å². The van der Waals surface area contributed by atoms with Gasteiger partial charge in [-0.3, -0.25) is 4.79 Å². The molecular formula is C17H15BrN2O. The number of carbonyl (C=O) groups excluding carboxylic acids is 1. The normalized spacial score (nSPS) is 11.5. The lowest BCUT2D eigenvalue weighted by molar-refractivity contribution is 0.0940. The molecule has 0 aliphatic rings. The summed E-state index contributed by atoms with van der Waals surface area (Å²) in [6.45, 7) is 3.87. The number of hydrogen-bond acceptors (Lipinski definition) is 2. The molecule has 0 bridgehead atoms. The highest BCUT2D eigenvalue weighted by molar-refractivity contribution is 9.10. The van der Waals surface area contributed by atoms with Crippen molar-refractivity contribution >= 4 is 21.8 Å². The van der Waals surface area contributed by atoms with Gasteiger partial charge in [-0.15, -0.1) is 0 Å². The molecule has 0 aliphatic heterocycles. The second kappa shape index (κ2) is 6.55. The lowest BCUT2D eigenvalue weighted by Gasteiger charge is -2.15. The first-order chi connectivity index (χ1) is 10.0. The molecule has 0 saturated heterocycles. The third-order valence-electron chi connectivity index (χ3n) is 3.31. The Balaban J connectivity index is 2.10. The quantitative estimate of drug-likeness (QED) is 0.911. The first kappa shape index (κ1) is 15.3. The second-order valence-electron chi connectivity index (χ2n) is 4.89. The highest BCUT2D eigenvalue weighted by Crippen LogP contribution is 2.18. The molecule has 21 heavy (non-hydrogen) atoms. The van der Waals surface area contributed by atoms with Gasteiger partial charge in [0.2, 0.25) is 0 Å². The molecule has 0 aromatic heterocycles. The van der Waals surface area contributed by atoms with Gasteiger partial charge in [-0.25, -0.2) is 0 Å². The number of nitrogens with zero attached hydrogens (tertiary/aromatic N) is 1. The number of nitrogens with one attached hydrogen (secondary N) is 1. The summed E-state index contributed by atoms with van der Waals surface area (Å²) in [5.41, 5.74) is 3.24. The van der Waals surface area contributed by atoms with Gasteiger partial charge in [0.05, 0.1) is 17.7 Å². The maximum absolute atomic E-state index is 12.2. The van der Waals surface area contributed by atoms with E-state index < -0.39 is 0 Å². The monoisotopic (exact) mass is 342 g/mol. The molecule has 0 radical (unpaired) electrons. The van der Waals surface area contributed by atoms with Gasteiger partial charge in [0.25, 0.3) is 5.91 Å². The summed E-state index contributed by atoms with van der Waals surface area (Å²) in [6.07, 6.45) is 0. The molecule has 1 amide bonds. The van der Waals surface area contributed by atoms with E-state index in [0.29, 0.717) is 11.1 Å². The lowest BCUT2D eigenvalue weighted by Crippen LogP contribution is -2.26. The van der Waals surface area contributed by atoms with Crippen LogP contribution in [-0.2, 0) is 0 Å². The minimum Gasteiger partial charge on any atom is -0.346 e. The van der Waals surface area contributed by atoms with Crippen LogP contribution in [0.4, 0.5) is 0 Å².